The van der Waals surface area contributed by atoms with Crippen molar-refractivity contribution in [1.82, 2.24) is 9.88 Å². The smallest absolute Gasteiger partial charge is 0.244 e. The maximum atomic E-state index is 12.3. The Labute approximate surface area is 125 Å². The molecule has 116 valence electrons. The molecule has 0 spiro atoms. The molecule has 2 heterocycles. The average Bonchev–Trinajstić information content (AvgIpc) is 2.94. The van der Waals surface area contributed by atoms with Crippen LogP contribution in [0.5, 0.6) is 0 Å². The fraction of sp³-hybridized carbons (Fsp3) is 0.571. The molecule has 7 nitrogen and oxygen atoms in total. The van der Waals surface area contributed by atoms with Gasteiger partial charge in [-0.3, -0.25) is 4.79 Å². The molecule has 0 aliphatic carbocycles. The summed E-state index contributed by atoms with van der Waals surface area (Å²) >= 11 is 0. The summed E-state index contributed by atoms with van der Waals surface area (Å²) in [6.07, 6.45) is 1.84. The summed E-state index contributed by atoms with van der Waals surface area (Å²) in [5.74, 6) is 1.52. The maximum absolute atomic E-state index is 12.3. The van der Waals surface area contributed by atoms with Crippen molar-refractivity contribution < 1.29 is 4.79 Å². The lowest BCUT2D eigenvalue weighted by atomic mass is 10.2. The number of rotatable bonds is 5. The number of pyridine rings is 1. The van der Waals surface area contributed by atoms with Gasteiger partial charge in [-0.1, -0.05) is 0 Å². The first-order chi connectivity index (χ1) is 10.0. The Morgan fingerprint density at radius 1 is 1.52 bits per heavy atom. The normalized spacial score (nSPS) is 17.9. The lowest BCUT2D eigenvalue weighted by Gasteiger charge is -2.27. The van der Waals surface area contributed by atoms with Gasteiger partial charge in [0.05, 0.1) is 5.69 Å². The summed E-state index contributed by atoms with van der Waals surface area (Å²) in [5, 5.41) is 3.11. The van der Waals surface area contributed by atoms with Crippen LogP contribution in [0.1, 0.15) is 12.8 Å². The minimum absolute atomic E-state index is 0.114. The highest BCUT2D eigenvalue weighted by molar-refractivity contribution is 5.85. The van der Waals surface area contributed by atoms with Crippen LogP contribution < -0.4 is 21.7 Å². The van der Waals surface area contributed by atoms with Gasteiger partial charge in [0.2, 0.25) is 5.91 Å². The fourth-order valence-corrected chi connectivity index (χ4v) is 2.55. The number of amides is 1. The minimum atomic E-state index is -0.140. The fourth-order valence-electron chi connectivity index (χ4n) is 2.55. The quantitative estimate of drug-likeness (QED) is 0.711. The highest BCUT2D eigenvalue weighted by atomic mass is 16.2. The van der Waals surface area contributed by atoms with Gasteiger partial charge in [0, 0.05) is 33.7 Å². The second-order valence-corrected chi connectivity index (χ2v) is 5.41. The van der Waals surface area contributed by atoms with Crippen molar-refractivity contribution in [2.45, 2.75) is 18.9 Å². The van der Waals surface area contributed by atoms with E-state index in [2.05, 4.69) is 15.2 Å². The average molecular weight is 292 g/mol. The zero-order valence-electron chi connectivity index (χ0n) is 12.7. The van der Waals surface area contributed by atoms with Crippen molar-refractivity contribution in [3.8, 4) is 0 Å². The van der Waals surface area contributed by atoms with Crippen LogP contribution in [0.4, 0.5) is 17.3 Å². The second kappa shape index (κ2) is 6.62. The van der Waals surface area contributed by atoms with Crippen LogP contribution in [0.25, 0.3) is 0 Å². The monoisotopic (exact) mass is 292 g/mol. The van der Waals surface area contributed by atoms with Crippen molar-refractivity contribution in [2.24, 2.45) is 5.73 Å². The van der Waals surface area contributed by atoms with E-state index < -0.39 is 0 Å². The van der Waals surface area contributed by atoms with Gasteiger partial charge < -0.3 is 26.6 Å². The molecule has 1 amide bonds. The molecular weight excluding hydrogens is 268 g/mol. The number of aromatic nitrogens is 1. The molecule has 0 radical (unpaired) electrons. The molecule has 5 N–H and O–H groups in total. The summed E-state index contributed by atoms with van der Waals surface area (Å²) in [5.41, 5.74) is 12.0. The molecule has 2 rings (SSSR count). The number of nitrogens with one attached hydrogen (secondary N) is 1. The number of hydrogen-bond donors (Lipinski definition) is 3. The van der Waals surface area contributed by atoms with E-state index in [0.29, 0.717) is 24.6 Å². The predicted octanol–water partition coefficient (Wildman–Crippen LogP) is 0.0914. The number of nitrogens with zero attached hydrogens (tertiary/aromatic N) is 3. The summed E-state index contributed by atoms with van der Waals surface area (Å²) in [6.45, 7) is 1.95. The number of nitrogens with two attached hydrogens (primary N) is 2. The van der Waals surface area contributed by atoms with Gasteiger partial charge in [-0.15, -0.1) is 0 Å². The summed E-state index contributed by atoms with van der Waals surface area (Å²) in [6, 6.07) is 3.54. The third kappa shape index (κ3) is 3.36. The molecule has 21 heavy (non-hydrogen) atoms. The van der Waals surface area contributed by atoms with Gasteiger partial charge in [-0.2, -0.15) is 0 Å². The lowest BCUT2D eigenvalue weighted by molar-refractivity contribution is -0.129. The minimum Gasteiger partial charge on any atom is -0.396 e. The van der Waals surface area contributed by atoms with Gasteiger partial charge in [-0.25, -0.2) is 4.98 Å². The highest BCUT2D eigenvalue weighted by Crippen LogP contribution is 2.28. The number of nitrogen functional groups attached to an aromatic ring is 1. The Morgan fingerprint density at radius 3 is 2.95 bits per heavy atom. The first-order valence-electron chi connectivity index (χ1n) is 7.23. The third-order valence-corrected chi connectivity index (χ3v) is 3.62. The first kappa shape index (κ1) is 15.4. The predicted molar refractivity (Wildman–Crippen MR) is 85.3 cm³/mol. The van der Waals surface area contributed by atoms with E-state index in [1.807, 2.05) is 12.1 Å². The highest BCUT2D eigenvalue weighted by Gasteiger charge is 2.32. The number of carbonyl (C=O) groups is 1. The molecular formula is C14H24N6O. The summed E-state index contributed by atoms with van der Waals surface area (Å²) in [4.78, 5) is 20.5. The van der Waals surface area contributed by atoms with E-state index in [-0.39, 0.29) is 11.9 Å². The van der Waals surface area contributed by atoms with Gasteiger partial charge in [0.15, 0.2) is 5.82 Å². The van der Waals surface area contributed by atoms with Crippen molar-refractivity contribution in [1.29, 1.82) is 0 Å². The van der Waals surface area contributed by atoms with Crippen LogP contribution in [-0.4, -0.2) is 55.6 Å². The van der Waals surface area contributed by atoms with E-state index in [0.717, 1.165) is 25.2 Å². The molecule has 0 aromatic carbocycles. The standard InChI is InChI=1S/C14H24N6O/c1-19(2)14(21)11-4-3-9-20(11)12-6-5-10(16)13(18-12)17-8-7-15/h5-6,11H,3-4,7-9,15-16H2,1-2H3,(H,17,18). The van der Waals surface area contributed by atoms with E-state index in [1.54, 1.807) is 19.0 Å². The van der Waals surface area contributed by atoms with E-state index in [1.165, 1.54) is 0 Å². The number of carbonyl (C=O) groups excluding carboxylic acids is 1. The molecule has 1 fully saturated rings. The van der Waals surface area contributed by atoms with Gasteiger partial charge in [0.1, 0.15) is 11.9 Å². The topological polar surface area (TPSA) is 101 Å². The van der Waals surface area contributed by atoms with E-state index in [4.69, 9.17) is 11.5 Å². The molecule has 7 heteroatoms. The van der Waals surface area contributed by atoms with Gasteiger partial charge in [-0.05, 0) is 25.0 Å². The number of likely N-dealkylation sites (N-methyl/N-ethyl adjacent to an activating group) is 1. The zero-order chi connectivity index (χ0) is 15.4. The van der Waals surface area contributed by atoms with Gasteiger partial charge in [0.25, 0.3) is 0 Å². The zero-order valence-corrected chi connectivity index (χ0v) is 12.7. The van der Waals surface area contributed by atoms with E-state index >= 15 is 0 Å². The van der Waals surface area contributed by atoms with Crippen LogP contribution in [0.2, 0.25) is 0 Å². The number of anilines is 3. The van der Waals surface area contributed by atoms with Crippen molar-refractivity contribution in [2.75, 3.05) is 49.7 Å². The second-order valence-electron chi connectivity index (χ2n) is 5.41. The molecule has 0 bridgehead atoms. The van der Waals surface area contributed by atoms with Gasteiger partial charge >= 0.3 is 0 Å². The molecule has 1 saturated heterocycles. The Balaban J connectivity index is 2.22. The molecule has 1 aliphatic rings. The number of hydrogen-bond acceptors (Lipinski definition) is 6. The summed E-state index contributed by atoms with van der Waals surface area (Å²) in [7, 11) is 3.56. The SMILES string of the molecule is CN(C)C(=O)C1CCCN1c1ccc(N)c(NCCN)n1. The summed E-state index contributed by atoms with van der Waals surface area (Å²) < 4.78 is 0. The molecule has 0 saturated carbocycles. The molecule has 1 aromatic heterocycles. The Morgan fingerprint density at radius 2 is 2.29 bits per heavy atom. The van der Waals surface area contributed by atoms with Crippen molar-refractivity contribution in [3.63, 3.8) is 0 Å². The Kier molecular flexibility index (Phi) is 4.85. The lowest BCUT2D eigenvalue weighted by Crippen LogP contribution is -2.43. The molecule has 1 aliphatic heterocycles. The van der Waals surface area contributed by atoms with Crippen LogP contribution in [0.15, 0.2) is 12.1 Å². The Bertz CT molecular complexity index is 504. The van der Waals surface area contributed by atoms with Crippen LogP contribution in [0.3, 0.4) is 0 Å². The van der Waals surface area contributed by atoms with Crippen LogP contribution >= 0.6 is 0 Å². The maximum Gasteiger partial charge on any atom is 0.244 e. The van der Waals surface area contributed by atoms with Crippen molar-refractivity contribution in [3.05, 3.63) is 12.1 Å². The first-order valence-corrected chi connectivity index (χ1v) is 7.23. The third-order valence-electron chi connectivity index (χ3n) is 3.62. The van der Waals surface area contributed by atoms with Crippen LogP contribution in [0, 0.1) is 0 Å². The largest absolute Gasteiger partial charge is 0.396 e. The Hall–Kier alpha value is -2.02. The van der Waals surface area contributed by atoms with Crippen LogP contribution in [-0.2, 0) is 4.79 Å². The molecule has 1 unspecified atom stereocenters. The molecule has 1 atom stereocenters. The van der Waals surface area contributed by atoms with E-state index in [9.17, 15) is 4.79 Å². The molecule has 1 aromatic rings. The van der Waals surface area contributed by atoms with Crippen molar-refractivity contribution >= 4 is 23.2 Å².